The molecule has 1 aromatic rings. The van der Waals surface area contributed by atoms with Crippen LogP contribution in [0.25, 0.3) is 0 Å². The van der Waals surface area contributed by atoms with Gasteiger partial charge in [-0.05, 0) is 31.4 Å². The second kappa shape index (κ2) is 6.89. The molecule has 0 unspecified atom stereocenters. The quantitative estimate of drug-likeness (QED) is 0.878. The first-order valence-electron chi connectivity index (χ1n) is 9.88. The third-order valence-corrected chi connectivity index (χ3v) is 6.69. The van der Waals surface area contributed by atoms with Crippen molar-refractivity contribution in [3.63, 3.8) is 0 Å². The Morgan fingerprint density at radius 2 is 2.07 bits per heavy atom. The molecule has 2 amide bonds. The molecule has 1 aliphatic carbocycles. The number of carbonyl (C=O) groups excluding carboxylic acids is 1. The fraction of sp³-hybridized carbons (Fsp3) is 0.667. The van der Waals surface area contributed by atoms with Crippen molar-refractivity contribution in [3.8, 4) is 11.5 Å². The Labute approximate surface area is 161 Å². The van der Waals surface area contributed by atoms with Crippen molar-refractivity contribution in [1.29, 1.82) is 0 Å². The fourth-order valence-electron chi connectivity index (χ4n) is 5.26. The van der Waals surface area contributed by atoms with Crippen molar-refractivity contribution in [2.24, 2.45) is 11.3 Å². The molecular formula is C21H30N2O4. The molecule has 0 bridgehead atoms. The van der Waals surface area contributed by atoms with Gasteiger partial charge in [0.2, 0.25) is 0 Å². The zero-order valence-corrected chi connectivity index (χ0v) is 16.7. The van der Waals surface area contributed by atoms with E-state index >= 15 is 0 Å². The minimum absolute atomic E-state index is 0.0101. The summed E-state index contributed by atoms with van der Waals surface area (Å²) >= 11 is 0. The van der Waals surface area contributed by atoms with Gasteiger partial charge in [-0.1, -0.05) is 13.8 Å². The molecule has 2 saturated heterocycles. The fourth-order valence-corrected chi connectivity index (χ4v) is 5.26. The molecule has 148 valence electrons. The van der Waals surface area contributed by atoms with Gasteiger partial charge >= 0.3 is 6.03 Å². The Morgan fingerprint density at radius 3 is 2.81 bits per heavy atom. The maximum absolute atomic E-state index is 13.1. The van der Waals surface area contributed by atoms with E-state index in [2.05, 4.69) is 19.2 Å². The smallest absolute Gasteiger partial charge is 0.318 e. The summed E-state index contributed by atoms with van der Waals surface area (Å²) < 4.78 is 16.7. The summed E-state index contributed by atoms with van der Waals surface area (Å²) in [4.78, 5) is 15.1. The molecular weight excluding hydrogens is 344 g/mol. The van der Waals surface area contributed by atoms with Crippen LogP contribution in [0.3, 0.4) is 0 Å². The van der Waals surface area contributed by atoms with Gasteiger partial charge in [0.05, 0.1) is 26.4 Å². The molecule has 3 aliphatic rings. The highest BCUT2D eigenvalue weighted by Gasteiger charge is 2.60. The summed E-state index contributed by atoms with van der Waals surface area (Å²) in [6.45, 7) is 5.96. The molecule has 6 nitrogen and oxygen atoms in total. The van der Waals surface area contributed by atoms with Gasteiger partial charge < -0.3 is 24.4 Å². The van der Waals surface area contributed by atoms with Gasteiger partial charge in [-0.25, -0.2) is 4.79 Å². The van der Waals surface area contributed by atoms with Gasteiger partial charge in [-0.3, -0.25) is 0 Å². The van der Waals surface area contributed by atoms with Crippen LogP contribution in [-0.2, 0) is 4.74 Å². The van der Waals surface area contributed by atoms with Crippen molar-refractivity contribution in [3.05, 3.63) is 23.8 Å². The van der Waals surface area contributed by atoms with Crippen LogP contribution in [0.15, 0.2) is 18.2 Å². The summed E-state index contributed by atoms with van der Waals surface area (Å²) in [5, 5.41) is 3.32. The number of nitrogens with zero attached hydrogens (tertiary/aromatic N) is 1. The molecule has 0 spiro atoms. The second-order valence-electron chi connectivity index (χ2n) is 8.45. The van der Waals surface area contributed by atoms with E-state index in [9.17, 15) is 4.79 Å². The van der Waals surface area contributed by atoms with Crippen LogP contribution in [0, 0.1) is 11.3 Å². The zero-order valence-electron chi connectivity index (χ0n) is 16.7. The summed E-state index contributed by atoms with van der Waals surface area (Å²) in [5.74, 6) is 1.97. The maximum atomic E-state index is 13.1. The molecule has 0 aromatic heterocycles. The number of urea groups is 1. The highest BCUT2D eigenvalue weighted by Crippen LogP contribution is 2.52. The van der Waals surface area contributed by atoms with E-state index in [1.54, 1.807) is 14.2 Å². The van der Waals surface area contributed by atoms with Gasteiger partial charge in [-0.2, -0.15) is 0 Å². The van der Waals surface area contributed by atoms with Crippen LogP contribution < -0.4 is 14.8 Å². The number of nitrogens with one attached hydrogen (secondary N) is 1. The molecule has 4 atom stereocenters. The molecule has 27 heavy (non-hydrogen) atoms. The Morgan fingerprint density at radius 1 is 1.26 bits per heavy atom. The van der Waals surface area contributed by atoms with Gasteiger partial charge in [-0.15, -0.1) is 0 Å². The number of carbonyl (C=O) groups is 1. The van der Waals surface area contributed by atoms with Gasteiger partial charge in [0.1, 0.15) is 11.5 Å². The number of hydrogen-bond donors (Lipinski definition) is 1. The van der Waals surface area contributed by atoms with E-state index in [-0.39, 0.29) is 29.6 Å². The van der Waals surface area contributed by atoms with E-state index in [0.29, 0.717) is 5.92 Å². The van der Waals surface area contributed by atoms with Crippen LogP contribution in [0.5, 0.6) is 11.5 Å². The van der Waals surface area contributed by atoms with Crippen molar-refractivity contribution in [2.75, 3.05) is 27.4 Å². The molecule has 2 aliphatic heterocycles. The lowest BCUT2D eigenvalue weighted by Gasteiger charge is -2.54. The third-order valence-electron chi connectivity index (χ3n) is 6.69. The van der Waals surface area contributed by atoms with E-state index in [0.717, 1.165) is 49.5 Å². The van der Waals surface area contributed by atoms with Gasteiger partial charge in [0, 0.05) is 42.2 Å². The molecule has 1 N–H and O–H groups in total. The van der Waals surface area contributed by atoms with Gasteiger partial charge in [0.25, 0.3) is 0 Å². The van der Waals surface area contributed by atoms with Crippen LogP contribution in [0.1, 0.15) is 44.7 Å². The van der Waals surface area contributed by atoms with Crippen LogP contribution in [-0.4, -0.2) is 50.4 Å². The number of rotatable bonds is 4. The predicted molar refractivity (Wildman–Crippen MR) is 102 cm³/mol. The number of fused-ring (bicyclic) bond motifs is 1. The summed E-state index contributed by atoms with van der Waals surface area (Å²) in [6.07, 6.45) is 3.25. The highest BCUT2D eigenvalue weighted by molar-refractivity contribution is 5.76. The second-order valence-corrected chi connectivity index (χ2v) is 8.45. The summed E-state index contributed by atoms with van der Waals surface area (Å²) in [7, 11) is 3.30. The summed E-state index contributed by atoms with van der Waals surface area (Å²) in [5.41, 5.74) is 1.03. The van der Waals surface area contributed by atoms with E-state index in [4.69, 9.17) is 14.2 Å². The lowest BCUT2D eigenvalue weighted by Crippen LogP contribution is -2.67. The maximum Gasteiger partial charge on any atom is 0.318 e. The minimum Gasteiger partial charge on any atom is -0.497 e. The monoisotopic (exact) mass is 374 g/mol. The van der Waals surface area contributed by atoms with Gasteiger partial charge in [0.15, 0.2) is 0 Å². The average Bonchev–Trinajstić information content (AvgIpc) is 3.33. The number of benzene rings is 1. The Hall–Kier alpha value is -1.95. The molecule has 3 fully saturated rings. The number of methoxy groups -OCH3 is 2. The van der Waals surface area contributed by atoms with Crippen LogP contribution in [0.4, 0.5) is 4.79 Å². The first kappa shape index (κ1) is 18.4. The van der Waals surface area contributed by atoms with E-state index < -0.39 is 0 Å². The van der Waals surface area contributed by atoms with Crippen molar-refractivity contribution in [2.45, 2.75) is 51.3 Å². The lowest BCUT2D eigenvalue weighted by atomic mass is 9.57. The predicted octanol–water partition coefficient (Wildman–Crippen LogP) is 3.36. The first-order chi connectivity index (χ1) is 13.0. The number of amides is 2. The Kier molecular flexibility index (Phi) is 4.70. The number of likely N-dealkylation sites (tertiary alicyclic amines) is 1. The number of hydrogen-bond acceptors (Lipinski definition) is 4. The van der Waals surface area contributed by atoms with Crippen molar-refractivity contribution < 1.29 is 19.0 Å². The normalized spacial score (nSPS) is 31.2. The Balaban J connectivity index is 1.51. The molecule has 1 saturated carbocycles. The standard InChI is InChI=1S/C21H30N2O4/c1-21(2)18(15-9-11-27-19(15)21)22-20(24)23-10-5-6-16(23)14-8-7-13(25-3)12-17(14)26-4/h7-8,12,15-16,18-19H,5-6,9-11H2,1-4H3,(H,22,24)/t15-,16-,18+,19+/m0/s1. The van der Waals surface area contributed by atoms with Crippen molar-refractivity contribution in [1.82, 2.24) is 10.2 Å². The molecule has 1 aromatic carbocycles. The number of ether oxygens (including phenoxy) is 3. The van der Waals surface area contributed by atoms with Crippen molar-refractivity contribution >= 4 is 6.03 Å². The minimum atomic E-state index is -0.0101. The lowest BCUT2D eigenvalue weighted by molar-refractivity contribution is -0.109. The first-order valence-corrected chi connectivity index (χ1v) is 9.88. The molecule has 6 heteroatoms. The average molecular weight is 374 g/mol. The highest BCUT2D eigenvalue weighted by atomic mass is 16.5. The van der Waals surface area contributed by atoms with Crippen LogP contribution >= 0.6 is 0 Å². The van der Waals surface area contributed by atoms with E-state index in [1.165, 1.54) is 0 Å². The van der Waals surface area contributed by atoms with E-state index in [1.807, 2.05) is 23.1 Å². The molecule has 4 rings (SSSR count). The molecule has 0 radical (unpaired) electrons. The SMILES string of the molecule is COc1ccc([C@@H]2CCCN2C(=O)N[C@@H]2[C@@H]3CCO[C@H]3C2(C)C)c(OC)c1. The van der Waals surface area contributed by atoms with Crippen LogP contribution in [0.2, 0.25) is 0 Å². The topological polar surface area (TPSA) is 60.0 Å². The summed E-state index contributed by atoms with van der Waals surface area (Å²) in [6, 6.07) is 6.07. The Bertz CT molecular complexity index is 720. The zero-order chi connectivity index (χ0) is 19.2. The largest absolute Gasteiger partial charge is 0.497 e. The molecule has 2 heterocycles. The third kappa shape index (κ3) is 2.94.